The molecule has 1 saturated heterocycles. The van der Waals surface area contributed by atoms with Gasteiger partial charge < -0.3 is 15.0 Å². The molecule has 4 nitrogen and oxygen atoms in total. The zero-order chi connectivity index (χ0) is 14.2. The van der Waals surface area contributed by atoms with E-state index in [-0.39, 0.29) is 24.0 Å². The highest BCUT2D eigenvalue weighted by Crippen LogP contribution is 2.14. The Kier molecular flexibility index (Phi) is 8.49. The molecule has 118 valence electrons. The number of halogens is 1. The molecule has 1 aromatic carbocycles. The van der Waals surface area contributed by atoms with Crippen LogP contribution in [0, 0.1) is 0 Å². The summed E-state index contributed by atoms with van der Waals surface area (Å²) < 4.78 is 5.53. The topological polar surface area (TPSA) is 36.9 Å². The number of benzene rings is 1. The number of aliphatic imine (C=N–C) groups is 1. The van der Waals surface area contributed by atoms with Crippen LogP contribution in [0.25, 0.3) is 0 Å². The van der Waals surface area contributed by atoms with Gasteiger partial charge in [0, 0.05) is 19.6 Å². The third-order valence-corrected chi connectivity index (χ3v) is 3.36. The highest BCUT2D eigenvalue weighted by Gasteiger charge is 2.15. The van der Waals surface area contributed by atoms with Crippen LogP contribution in [-0.4, -0.2) is 37.1 Å². The summed E-state index contributed by atoms with van der Waals surface area (Å²) in [6, 6.07) is 8.18. The monoisotopic (exact) mass is 403 g/mol. The summed E-state index contributed by atoms with van der Waals surface area (Å²) in [4.78, 5) is 7.09. The largest absolute Gasteiger partial charge is 0.494 e. The quantitative estimate of drug-likeness (QED) is 0.466. The fourth-order valence-corrected chi connectivity index (χ4v) is 2.42. The molecule has 1 aliphatic heterocycles. The normalized spacial score (nSPS) is 14.8. The predicted octanol–water partition coefficient (Wildman–Crippen LogP) is 3.26. The maximum absolute atomic E-state index is 5.53. The minimum Gasteiger partial charge on any atom is -0.494 e. The van der Waals surface area contributed by atoms with Crippen molar-refractivity contribution in [1.82, 2.24) is 10.2 Å². The van der Waals surface area contributed by atoms with Crippen molar-refractivity contribution in [2.45, 2.75) is 33.2 Å². The molecule has 0 aromatic heterocycles. The Morgan fingerprint density at radius 3 is 2.71 bits per heavy atom. The molecule has 0 spiro atoms. The first-order valence-corrected chi connectivity index (χ1v) is 7.58. The second-order valence-corrected chi connectivity index (χ2v) is 4.94. The van der Waals surface area contributed by atoms with E-state index in [1.54, 1.807) is 0 Å². The first-order valence-electron chi connectivity index (χ1n) is 7.58. The SMILES string of the molecule is CCNC(=NCc1cccc(OCC)c1)N1CCCC1.I. The molecule has 0 atom stereocenters. The van der Waals surface area contributed by atoms with E-state index in [9.17, 15) is 0 Å². The van der Waals surface area contributed by atoms with Crippen molar-refractivity contribution < 1.29 is 4.74 Å². The molecule has 1 N–H and O–H groups in total. The first-order chi connectivity index (χ1) is 9.83. The van der Waals surface area contributed by atoms with Crippen molar-refractivity contribution in [3.8, 4) is 5.75 Å². The number of rotatable bonds is 5. The molecule has 21 heavy (non-hydrogen) atoms. The van der Waals surface area contributed by atoms with Crippen molar-refractivity contribution in [1.29, 1.82) is 0 Å². The van der Waals surface area contributed by atoms with E-state index < -0.39 is 0 Å². The predicted molar refractivity (Wildman–Crippen MR) is 98.6 cm³/mol. The molecule has 0 amide bonds. The average molecular weight is 403 g/mol. The van der Waals surface area contributed by atoms with Gasteiger partial charge in [-0.05, 0) is 44.4 Å². The molecule has 1 aliphatic rings. The Bertz CT molecular complexity index is 445. The second-order valence-electron chi connectivity index (χ2n) is 4.94. The van der Waals surface area contributed by atoms with E-state index in [4.69, 9.17) is 9.73 Å². The average Bonchev–Trinajstić information content (AvgIpc) is 2.98. The van der Waals surface area contributed by atoms with Gasteiger partial charge in [-0.25, -0.2) is 4.99 Å². The molecular formula is C16H26IN3O. The lowest BCUT2D eigenvalue weighted by atomic mass is 10.2. The fourth-order valence-electron chi connectivity index (χ4n) is 2.42. The van der Waals surface area contributed by atoms with Crippen LogP contribution in [0.15, 0.2) is 29.3 Å². The molecule has 1 heterocycles. The number of hydrogen-bond donors (Lipinski definition) is 1. The molecule has 0 saturated carbocycles. The van der Waals surface area contributed by atoms with Gasteiger partial charge in [0.2, 0.25) is 0 Å². The van der Waals surface area contributed by atoms with Crippen molar-refractivity contribution in [3.63, 3.8) is 0 Å². The van der Waals surface area contributed by atoms with Crippen molar-refractivity contribution in [2.24, 2.45) is 4.99 Å². The Morgan fingerprint density at radius 2 is 2.05 bits per heavy atom. The zero-order valence-electron chi connectivity index (χ0n) is 13.0. The van der Waals surface area contributed by atoms with E-state index in [0.29, 0.717) is 13.2 Å². The molecule has 0 aliphatic carbocycles. The zero-order valence-corrected chi connectivity index (χ0v) is 15.3. The van der Waals surface area contributed by atoms with Crippen molar-refractivity contribution >= 4 is 29.9 Å². The van der Waals surface area contributed by atoms with E-state index in [2.05, 4.69) is 29.3 Å². The summed E-state index contributed by atoms with van der Waals surface area (Å²) in [5.74, 6) is 1.96. The van der Waals surface area contributed by atoms with Gasteiger partial charge in [0.15, 0.2) is 5.96 Å². The summed E-state index contributed by atoms with van der Waals surface area (Å²) in [5, 5.41) is 3.38. The summed E-state index contributed by atoms with van der Waals surface area (Å²) in [7, 11) is 0. The maximum atomic E-state index is 5.53. The summed E-state index contributed by atoms with van der Waals surface area (Å²) >= 11 is 0. The van der Waals surface area contributed by atoms with Crippen LogP contribution in [0.5, 0.6) is 5.75 Å². The van der Waals surface area contributed by atoms with Crippen LogP contribution in [-0.2, 0) is 6.54 Å². The van der Waals surface area contributed by atoms with Gasteiger partial charge >= 0.3 is 0 Å². The van der Waals surface area contributed by atoms with Gasteiger partial charge in [-0.15, -0.1) is 24.0 Å². The molecule has 0 radical (unpaired) electrons. The third-order valence-electron chi connectivity index (χ3n) is 3.36. The lowest BCUT2D eigenvalue weighted by Crippen LogP contribution is -2.39. The Labute approximate surface area is 145 Å². The minimum absolute atomic E-state index is 0. The van der Waals surface area contributed by atoms with Crippen LogP contribution in [0.3, 0.4) is 0 Å². The van der Waals surface area contributed by atoms with Crippen LogP contribution in [0.4, 0.5) is 0 Å². The minimum atomic E-state index is 0. The number of guanidine groups is 1. The maximum Gasteiger partial charge on any atom is 0.194 e. The lowest BCUT2D eigenvalue weighted by Gasteiger charge is -2.20. The molecular weight excluding hydrogens is 377 g/mol. The number of hydrogen-bond acceptors (Lipinski definition) is 2. The number of likely N-dealkylation sites (tertiary alicyclic amines) is 1. The number of ether oxygens (including phenoxy) is 1. The Hall–Kier alpha value is -0.980. The Balaban J connectivity index is 0.00000220. The number of nitrogens with one attached hydrogen (secondary N) is 1. The first kappa shape index (κ1) is 18.1. The highest BCUT2D eigenvalue weighted by atomic mass is 127. The van der Waals surface area contributed by atoms with Crippen molar-refractivity contribution in [3.05, 3.63) is 29.8 Å². The molecule has 0 bridgehead atoms. The fraction of sp³-hybridized carbons (Fsp3) is 0.562. The van der Waals surface area contributed by atoms with Gasteiger partial charge in [-0.1, -0.05) is 12.1 Å². The van der Waals surface area contributed by atoms with Gasteiger partial charge in [-0.2, -0.15) is 0 Å². The lowest BCUT2D eigenvalue weighted by molar-refractivity contribution is 0.340. The molecule has 0 unspecified atom stereocenters. The van der Waals surface area contributed by atoms with Gasteiger partial charge in [0.25, 0.3) is 0 Å². The van der Waals surface area contributed by atoms with Crippen LogP contribution in [0.2, 0.25) is 0 Å². The van der Waals surface area contributed by atoms with Gasteiger partial charge in [0.05, 0.1) is 13.2 Å². The smallest absolute Gasteiger partial charge is 0.194 e. The second kappa shape index (κ2) is 9.87. The van der Waals surface area contributed by atoms with Crippen LogP contribution < -0.4 is 10.1 Å². The standard InChI is InChI=1S/C16H25N3O.HI/c1-3-17-16(19-10-5-6-11-19)18-13-14-8-7-9-15(12-14)20-4-2;/h7-9,12H,3-6,10-11,13H2,1-2H3,(H,17,18);1H. The molecule has 1 aromatic rings. The summed E-state index contributed by atoms with van der Waals surface area (Å²) in [6.07, 6.45) is 2.54. The molecule has 1 fully saturated rings. The van der Waals surface area contributed by atoms with Crippen molar-refractivity contribution in [2.75, 3.05) is 26.2 Å². The van der Waals surface area contributed by atoms with E-state index in [0.717, 1.165) is 31.3 Å². The highest BCUT2D eigenvalue weighted by molar-refractivity contribution is 14.0. The summed E-state index contributed by atoms with van der Waals surface area (Å²) in [5.41, 5.74) is 1.19. The summed E-state index contributed by atoms with van der Waals surface area (Å²) in [6.45, 7) is 8.65. The van der Waals surface area contributed by atoms with Gasteiger partial charge in [-0.3, -0.25) is 0 Å². The number of nitrogens with zero attached hydrogens (tertiary/aromatic N) is 2. The van der Waals surface area contributed by atoms with E-state index in [1.165, 1.54) is 18.4 Å². The van der Waals surface area contributed by atoms with Crippen LogP contribution >= 0.6 is 24.0 Å². The molecule has 2 rings (SSSR count). The van der Waals surface area contributed by atoms with Crippen LogP contribution in [0.1, 0.15) is 32.3 Å². The molecule has 5 heteroatoms. The Morgan fingerprint density at radius 1 is 1.29 bits per heavy atom. The van der Waals surface area contributed by atoms with E-state index in [1.807, 2.05) is 19.1 Å². The van der Waals surface area contributed by atoms with E-state index >= 15 is 0 Å². The third kappa shape index (κ3) is 5.73. The van der Waals surface area contributed by atoms with Gasteiger partial charge in [0.1, 0.15) is 5.75 Å².